The molecule has 0 atom stereocenters. The highest BCUT2D eigenvalue weighted by molar-refractivity contribution is 7.90. The van der Waals surface area contributed by atoms with Crippen LogP contribution in [-0.2, 0) is 21.1 Å². The Morgan fingerprint density at radius 3 is 2.75 bits per heavy atom. The van der Waals surface area contributed by atoms with E-state index in [1.165, 1.54) is 17.4 Å². The lowest BCUT2D eigenvalue weighted by Crippen LogP contribution is -2.14. The van der Waals surface area contributed by atoms with E-state index >= 15 is 0 Å². The number of benzene rings is 2. The summed E-state index contributed by atoms with van der Waals surface area (Å²) in [4.78, 5) is 17.0. The lowest BCUT2D eigenvalue weighted by molar-refractivity contribution is -0.115. The lowest BCUT2D eigenvalue weighted by Gasteiger charge is -2.00. The molecule has 2 aromatic heterocycles. The number of amides is 1. The van der Waals surface area contributed by atoms with Crippen LogP contribution >= 0.6 is 11.3 Å². The third kappa shape index (κ3) is 3.50. The Balaban J connectivity index is 1.57. The molecule has 0 aliphatic carbocycles. The van der Waals surface area contributed by atoms with E-state index in [0.29, 0.717) is 26.6 Å². The molecule has 0 radical (unpaired) electrons. The Bertz CT molecular complexity index is 1340. The highest BCUT2D eigenvalue weighted by atomic mass is 32.2. The van der Waals surface area contributed by atoms with Crippen LogP contribution in [0.4, 0.5) is 5.13 Å². The molecular weight excluding hydrogens is 398 g/mol. The number of fused-ring (bicyclic) bond motifs is 2. The average Bonchev–Trinajstić information content (AvgIpc) is 3.17. The molecule has 0 aliphatic rings. The first-order valence-electron chi connectivity index (χ1n) is 8.47. The van der Waals surface area contributed by atoms with Crippen molar-refractivity contribution in [3.05, 3.63) is 47.2 Å². The summed E-state index contributed by atoms with van der Waals surface area (Å²) in [6.07, 6.45) is 1.21. The molecule has 0 saturated heterocycles. The van der Waals surface area contributed by atoms with Crippen LogP contribution in [0.3, 0.4) is 0 Å². The number of rotatable bonds is 4. The molecule has 4 aromatic rings. The summed E-state index contributed by atoms with van der Waals surface area (Å²) < 4.78 is 29.5. The Morgan fingerprint density at radius 2 is 2.00 bits per heavy atom. The SMILES string of the molecule is Cc1cc(C)c2onc(CC(=O)Nc3nc4ccc(S(C)(=O)=O)cc4s3)c2c1. The standard InChI is InChI=1S/C19H17N3O4S2/c1-10-6-11(2)18-13(7-10)15(22-26-18)9-17(23)21-19-20-14-5-4-12(28(3,24)25)8-16(14)27-19/h4-8H,9H2,1-3H3,(H,20,21,23). The van der Waals surface area contributed by atoms with Crippen LogP contribution in [0.5, 0.6) is 0 Å². The molecule has 7 nitrogen and oxygen atoms in total. The number of anilines is 1. The van der Waals surface area contributed by atoms with E-state index in [0.717, 1.165) is 22.8 Å². The molecule has 2 heterocycles. The molecule has 0 fully saturated rings. The van der Waals surface area contributed by atoms with Gasteiger partial charge in [-0.25, -0.2) is 13.4 Å². The zero-order chi connectivity index (χ0) is 20.1. The molecule has 0 saturated carbocycles. The number of sulfone groups is 1. The summed E-state index contributed by atoms with van der Waals surface area (Å²) in [6.45, 7) is 3.92. The molecule has 1 N–H and O–H groups in total. The summed E-state index contributed by atoms with van der Waals surface area (Å²) in [5, 5.41) is 8.04. The van der Waals surface area contributed by atoms with Gasteiger partial charge in [-0.2, -0.15) is 0 Å². The number of carbonyl (C=O) groups excluding carboxylic acids is 1. The monoisotopic (exact) mass is 415 g/mol. The quantitative estimate of drug-likeness (QED) is 0.546. The second-order valence-corrected chi connectivity index (χ2v) is 9.78. The number of aromatic nitrogens is 2. The molecule has 0 bridgehead atoms. The van der Waals surface area contributed by atoms with Crippen LogP contribution in [0.15, 0.2) is 39.8 Å². The number of hydrogen-bond donors (Lipinski definition) is 1. The number of thiazole rings is 1. The largest absolute Gasteiger partial charge is 0.356 e. The molecule has 0 spiro atoms. The summed E-state index contributed by atoms with van der Waals surface area (Å²) in [5.74, 6) is -0.267. The van der Waals surface area contributed by atoms with E-state index in [9.17, 15) is 13.2 Å². The molecule has 4 rings (SSSR count). The van der Waals surface area contributed by atoms with Crippen molar-refractivity contribution >= 4 is 53.4 Å². The zero-order valence-corrected chi connectivity index (χ0v) is 17.1. The van der Waals surface area contributed by atoms with Crippen molar-refractivity contribution in [1.29, 1.82) is 0 Å². The van der Waals surface area contributed by atoms with Crippen molar-refractivity contribution < 1.29 is 17.7 Å². The average molecular weight is 415 g/mol. The lowest BCUT2D eigenvalue weighted by atomic mass is 10.1. The van der Waals surface area contributed by atoms with Gasteiger partial charge in [0, 0.05) is 11.6 Å². The van der Waals surface area contributed by atoms with E-state index in [1.807, 2.05) is 26.0 Å². The van der Waals surface area contributed by atoms with Gasteiger partial charge >= 0.3 is 0 Å². The molecule has 28 heavy (non-hydrogen) atoms. The number of hydrogen-bond acceptors (Lipinski definition) is 7. The van der Waals surface area contributed by atoms with Crippen molar-refractivity contribution in [2.45, 2.75) is 25.2 Å². The van der Waals surface area contributed by atoms with Gasteiger partial charge in [0.1, 0.15) is 5.69 Å². The summed E-state index contributed by atoms with van der Waals surface area (Å²) in [6, 6.07) is 8.66. The van der Waals surface area contributed by atoms with Crippen molar-refractivity contribution in [3.63, 3.8) is 0 Å². The normalized spacial score (nSPS) is 12.0. The topological polar surface area (TPSA) is 102 Å². The molecule has 144 valence electrons. The molecule has 1 amide bonds. The molecule has 9 heteroatoms. The Kier molecular flexibility index (Phi) is 4.43. The maximum Gasteiger partial charge on any atom is 0.232 e. The van der Waals surface area contributed by atoms with Gasteiger partial charge in [-0.1, -0.05) is 22.6 Å². The predicted molar refractivity (Wildman–Crippen MR) is 109 cm³/mol. The van der Waals surface area contributed by atoms with E-state index in [2.05, 4.69) is 15.5 Å². The molecular formula is C19H17N3O4S2. The highest BCUT2D eigenvalue weighted by Gasteiger charge is 2.16. The van der Waals surface area contributed by atoms with Crippen LogP contribution in [0, 0.1) is 13.8 Å². The maximum atomic E-state index is 12.5. The number of nitrogens with one attached hydrogen (secondary N) is 1. The van der Waals surface area contributed by atoms with E-state index in [-0.39, 0.29) is 17.2 Å². The maximum absolute atomic E-state index is 12.5. The van der Waals surface area contributed by atoms with Crippen LogP contribution in [0.1, 0.15) is 16.8 Å². The third-order valence-corrected chi connectivity index (χ3v) is 6.38. The fourth-order valence-electron chi connectivity index (χ4n) is 3.07. The summed E-state index contributed by atoms with van der Waals surface area (Å²) >= 11 is 1.23. The van der Waals surface area contributed by atoms with Gasteiger partial charge in [0.15, 0.2) is 20.6 Å². The highest BCUT2D eigenvalue weighted by Crippen LogP contribution is 2.29. The van der Waals surface area contributed by atoms with Gasteiger partial charge in [0.05, 0.1) is 21.5 Å². The third-order valence-electron chi connectivity index (χ3n) is 4.34. The van der Waals surface area contributed by atoms with Crippen LogP contribution < -0.4 is 5.32 Å². The van der Waals surface area contributed by atoms with E-state index in [1.54, 1.807) is 12.1 Å². The fourth-order valence-corrected chi connectivity index (χ4v) is 4.71. The van der Waals surface area contributed by atoms with Crippen LogP contribution in [-0.4, -0.2) is 30.7 Å². The summed E-state index contributed by atoms with van der Waals surface area (Å²) in [5.41, 5.74) is 3.93. The second kappa shape index (κ2) is 6.68. The first-order valence-corrected chi connectivity index (χ1v) is 11.2. The second-order valence-electron chi connectivity index (χ2n) is 6.73. The minimum Gasteiger partial charge on any atom is -0.356 e. The Morgan fingerprint density at radius 1 is 1.21 bits per heavy atom. The van der Waals surface area contributed by atoms with Crippen molar-refractivity contribution in [1.82, 2.24) is 10.1 Å². The molecule has 0 unspecified atom stereocenters. The van der Waals surface area contributed by atoms with Gasteiger partial charge in [-0.15, -0.1) is 0 Å². The molecule has 0 aliphatic heterocycles. The van der Waals surface area contributed by atoms with Gasteiger partial charge in [-0.05, 0) is 49.2 Å². The Labute approximate surface area is 165 Å². The molecule has 2 aromatic carbocycles. The summed E-state index contributed by atoms with van der Waals surface area (Å²) in [7, 11) is -3.30. The number of aryl methyl sites for hydroxylation is 2. The van der Waals surface area contributed by atoms with Gasteiger partial charge in [0.2, 0.25) is 5.91 Å². The van der Waals surface area contributed by atoms with Crippen molar-refractivity contribution in [2.24, 2.45) is 0 Å². The van der Waals surface area contributed by atoms with E-state index in [4.69, 9.17) is 4.52 Å². The predicted octanol–water partition coefficient (Wildman–Crippen LogP) is 3.64. The van der Waals surface area contributed by atoms with Gasteiger partial charge in [-0.3, -0.25) is 4.79 Å². The van der Waals surface area contributed by atoms with Crippen molar-refractivity contribution in [3.8, 4) is 0 Å². The zero-order valence-electron chi connectivity index (χ0n) is 15.4. The van der Waals surface area contributed by atoms with Gasteiger partial charge in [0.25, 0.3) is 0 Å². The minimum absolute atomic E-state index is 0.0560. The van der Waals surface area contributed by atoms with Crippen LogP contribution in [0.25, 0.3) is 21.2 Å². The first kappa shape index (κ1) is 18.6. The van der Waals surface area contributed by atoms with Crippen LogP contribution in [0.2, 0.25) is 0 Å². The number of carbonyl (C=O) groups is 1. The van der Waals surface area contributed by atoms with E-state index < -0.39 is 9.84 Å². The first-order chi connectivity index (χ1) is 13.2. The van der Waals surface area contributed by atoms with Gasteiger partial charge < -0.3 is 9.84 Å². The number of nitrogens with zero attached hydrogens (tertiary/aromatic N) is 2. The Hall–Kier alpha value is -2.78. The minimum atomic E-state index is -3.30. The fraction of sp³-hybridized carbons (Fsp3) is 0.211. The van der Waals surface area contributed by atoms with Crippen molar-refractivity contribution in [2.75, 3.05) is 11.6 Å². The smallest absolute Gasteiger partial charge is 0.232 e.